The molecule has 0 aromatic rings. The molecule has 5 nitrogen and oxygen atoms in total. The van der Waals surface area contributed by atoms with E-state index in [1.54, 1.807) is 0 Å². The molecule has 1 atom stereocenters. The predicted molar refractivity (Wildman–Crippen MR) is 65.8 cm³/mol. The largest absolute Gasteiger partial charge is 0.395 e. The Bertz CT molecular complexity index is 272. The summed E-state index contributed by atoms with van der Waals surface area (Å²) in [5.41, 5.74) is 0. The number of hydrogen-bond acceptors (Lipinski definition) is 4. The van der Waals surface area contributed by atoms with Crippen molar-refractivity contribution in [2.75, 3.05) is 52.9 Å². The number of rotatable bonds is 3. The van der Waals surface area contributed by atoms with E-state index in [1.807, 2.05) is 11.9 Å². The van der Waals surface area contributed by atoms with Gasteiger partial charge in [0.15, 0.2) is 0 Å². The number of β-amino-alcohol motifs (C(OH)–C–C–N with tert-alkyl or cyclic N) is 1. The van der Waals surface area contributed by atoms with E-state index in [1.165, 1.54) is 0 Å². The number of carbonyl (C=O) groups is 1. The van der Waals surface area contributed by atoms with Gasteiger partial charge >= 0.3 is 0 Å². The number of nitrogens with zero attached hydrogens (tertiary/aromatic N) is 3. The normalized spacial score (nSPS) is 28.7. The van der Waals surface area contributed by atoms with Gasteiger partial charge in [-0.05, 0) is 19.4 Å². The second-order valence-corrected chi connectivity index (χ2v) is 5.02. The average Bonchev–Trinajstić information content (AvgIpc) is 2.55. The molecule has 0 aromatic heterocycles. The number of carbonyl (C=O) groups excluding carboxylic acids is 1. The second-order valence-electron chi connectivity index (χ2n) is 5.02. The third-order valence-electron chi connectivity index (χ3n) is 3.88. The molecule has 1 amide bonds. The van der Waals surface area contributed by atoms with Crippen LogP contribution >= 0.6 is 0 Å². The summed E-state index contributed by atoms with van der Waals surface area (Å²) in [6, 6.07) is 0.106. The molecule has 0 aromatic carbocycles. The average molecular weight is 241 g/mol. The van der Waals surface area contributed by atoms with Crippen molar-refractivity contribution in [3.63, 3.8) is 0 Å². The lowest BCUT2D eigenvalue weighted by atomic mass is 10.2. The summed E-state index contributed by atoms with van der Waals surface area (Å²) in [5.74, 6) is 0.278. The van der Waals surface area contributed by atoms with E-state index in [-0.39, 0.29) is 18.6 Å². The van der Waals surface area contributed by atoms with Crippen molar-refractivity contribution < 1.29 is 9.90 Å². The molecule has 2 aliphatic heterocycles. The van der Waals surface area contributed by atoms with Crippen LogP contribution in [0.1, 0.15) is 12.8 Å². The van der Waals surface area contributed by atoms with E-state index in [2.05, 4.69) is 9.80 Å². The Labute approximate surface area is 103 Å². The summed E-state index contributed by atoms with van der Waals surface area (Å²) in [6.45, 7) is 5.83. The smallest absolute Gasteiger partial charge is 0.239 e. The molecule has 0 saturated carbocycles. The van der Waals surface area contributed by atoms with Crippen LogP contribution in [0.5, 0.6) is 0 Å². The first kappa shape index (κ1) is 12.8. The molecule has 98 valence electrons. The second kappa shape index (κ2) is 5.80. The highest BCUT2D eigenvalue weighted by Crippen LogP contribution is 2.17. The zero-order valence-electron chi connectivity index (χ0n) is 10.6. The first-order valence-electron chi connectivity index (χ1n) is 6.54. The molecule has 2 aliphatic rings. The van der Waals surface area contributed by atoms with Crippen molar-refractivity contribution in [2.24, 2.45) is 0 Å². The third kappa shape index (κ3) is 2.97. The molecular formula is C12H23N3O2. The lowest BCUT2D eigenvalue weighted by Crippen LogP contribution is -2.43. The fourth-order valence-corrected chi connectivity index (χ4v) is 2.81. The van der Waals surface area contributed by atoms with E-state index in [0.717, 1.165) is 52.1 Å². The van der Waals surface area contributed by atoms with Gasteiger partial charge < -0.3 is 10.0 Å². The molecular weight excluding hydrogens is 218 g/mol. The van der Waals surface area contributed by atoms with E-state index >= 15 is 0 Å². The van der Waals surface area contributed by atoms with Gasteiger partial charge in [0.1, 0.15) is 0 Å². The zero-order chi connectivity index (χ0) is 12.3. The minimum absolute atomic E-state index is 0.106. The van der Waals surface area contributed by atoms with Crippen LogP contribution in [0.3, 0.4) is 0 Å². The Morgan fingerprint density at radius 3 is 2.71 bits per heavy atom. The van der Waals surface area contributed by atoms with Gasteiger partial charge in [-0.25, -0.2) is 0 Å². The van der Waals surface area contributed by atoms with Crippen LogP contribution in [0.2, 0.25) is 0 Å². The van der Waals surface area contributed by atoms with Crippen LogP contribution in [0, 0.1) is 0 Å². The molecule has 2 heterocycles. The van der Waals surface area contributed by atoms with Crippen molar-refractivity contribution >= 4 is 5.91 Å². The maximum absolute atomic E-state index is 12.0. The van der Waals surface area contributed by atoms with Crippen LogP contribution in [0.15, 0.2) is 0 Å². The van der Waals surface area contributed by atoms with E-state index in [9.17, 15) is 4.79 Å². The standard InChI is InChI=1S/C12H23N3O2/c1-13-6-3-11(12(13)17)15-5-2-4-14(7-8-15)9-10-16/h11,16H,2-10H2,1H3. The van der Waals surface area contributed by atoms with Crippen LogP contribution in [-0.2, 0) is 4.79 Å². The van der Waals surface area contributed by atoms with Gasteiger partial charge in [0, 0.05) is 39.8 Å². The third-order valence-corrected chi connectivity index (χ3v) is 3.88. The molecule has 17 heavy (non-hydrogen) atoms. The first-order chi connectivity index (χ1) is 8.22. The Balaban J connectivity index is 1.88. The molecule has 1 unspecified atom stereocenters. The molecule has 2 saturated heterocycles. The highest BCUT2D eigenvalue weighted by Gasteiger charge is 2.34. The number of hydrogen-bond donors (Lipinski definition) is 1. The Morgan fingerprint density at radius 1 is 1.24 bits per heavy atom. The van der Waals surface area contributed by atoms with Gasteiger partial charge in [0.05, 0.1) is 12.6 Å². The quantitative estimate of drug-likeness (QED) is 0.704. The number of aliphatic hydroxyl groups excluding tert-OH is 1. The van der Waals surface area contributed by atoms with E-state index in [4.69, 9.17) is 5.11 Å². The summed E-state index contributed by atoms with van der Waals surface area (Å²) < 4.78 is 0. The predicted octanol–water partition coefficient (Wildman–Crippen LogP) is -0.783. The van der Waals surface area contributed by atoms with Crippen LogP contribution < -0.4 is 0 Å². The van der Waals surface area contributed by atoms with Crippen LogP contribution in [0.4, 0.5) is 0 Å². The Hall–Kier alpha value is -0.650. The molecule has 0 spiro atoms. The lowest BCUT2D eigenvalue weighted by molar-refractivity contribution is -0.131. The summed E-state index contributed by atoms with van der Waals surface area (Å²) in [5, 5.41) is 8.95. The number of likely N-dealkylation sites (tertiary alicyclic amines) is 1. The van der Waals surface area contributed by atoms with Crippen molar-refractivity contribution in [1.82, 2.24) is 14.7 Å². The highest BCUT2D eigenvalue weighted by atomic mass is 16.3. The molecule has 2 fully saturated rings. The maximum Gasteiger partial charge on any atom is 0.239 e. The first-order valence-corrected chi connectivity index (χ1v) is 6.54. The van der Waals surface area contributed by atoms with Gasteiger partial charge in [-0.1, -0.05) is 0 Å². The van der Waals surface area contributed by atoms with Gasteiger partial charge in [0.2, 0.25) is 5.91 Å². The van der Waals surface area contributed by atoms with Gasteiger partial charge in [-0.3, -0.25) is 14.6 Å². The maximum atomic E-state index is 12.0. The fraction of sp³-hybridized carbons (Fsp3) is 0.917. The molecule has 0 radical (unpaired) electrons. The Kier molecular flexibility index (Phi) is 4.36. The van der Waals surface area contributed by atoms with Gasteiger partial charge in [0.25, 0.3) is 0 Å². The summed E-state index contributed by atoms with van der Waals surface area (Å²) in [4.78, 5) is 18.4. The monoisotopic (exact) mass is 241 g/mol. The van der Waals surface area contributed by atoms with Gasteiger partial charge in [-0.2, -0.15) is 0 Å². The van der Waals surface area contributed by atoms with Crippen molar-refractivity contribution in [3.8, 4) is 0 Å². The zero-order valence-corrected chi connectivity index (χ0v) is 10.6. The van der Waals surface area contributed by atoms with Gasteiger partial charge in [-0.15, -0.1) is 0 Å². The highest BCUT2D eigenvalue weighted by molar-refractivity contribution is 5.83. The fourth-order valence-electron chi connectivity index (χ4n) is 2.81. The number of aliphatic hydroxyl groups is 1. The number of amides is 1. The lowest BCUT2D eigenvalue weighted by Gasteiger charge is -2.26. The molecule has 1 N–H and O–H groups in total. The van der Waals surface area contributed by atoms with Crippen molar-refractivity contribution in [1.29, 1.82) is 0 Å². The van der Waals surface area contributed by atoms with Crippen molar-refractivity contribution in [3.05, 3.63) is 0 Å². The summed E-state index contributed by atoms with van der Waals surface area (Å²) in [7, 11) is 1.89. The van der Waals surface area contributed by atoms with E-state index < -0.39 is 0 Å². The minimum atomic E-state index is 0.106. The molecule has 0 aliphatic carbocycles. The summed E-state index contributed by atoms with van der Waals surface area (Å²) >= 11 is 0. The van der Waals surface area contributed by atoms with E-state index in [0.29, 0.717) is 0 Å². The molecule has 2 rings (SSSR count). The topological polar surface area (TPSA) is 47.0 Å². The SMILES string of the molecule is CN1CCC(N2CCCN(CCO)CC2)C1=O. The molecule has 5 heteroatoms. The number of likely N-dealkylation sites (N-methyl/N-ethyl adjacent to an activating group) is 1. The van der Waals surface area contributed by atoms with Crippen molar-refractivity contribution in [2.45, 2.75) is 18.9 Å². The molecule has 0 bridgehead atoms. The summed E-state index contributed by atoms with van der Waals surface area (Å²) in [6.07, 6.45) is 2.06. The Morgan fingerprint density at radius 2 is 2.06 bits per heavy atom. The minimum Gasteiger partial charge on any atom is -0.395 e. The van der Waals surface area contributed by atoms with Crippen LogP contribution in [-0.4, -0.2) is 84.7 Å². The van der Waals surface area contributed by atoms with Crippen LogP contribution in [0.25, 0.3) is 0 Å².